The molecule has 0 aliphatic rings. The lowest BCUT2D eigenvalue weighted by Gasteiger charge is -2.11. The normalized spacial score (nSPS) is 10.2. The van der Waals surface area contributed by atoms with Gasteiger partial charge < -0.3 is 16.2 Å². The molecule has 2 aromatic carbocycles. The number of nitrogens with two attached hydrogens (primary N) is 2. The van der Waals surface area contributed by atoms with Crippen molar-refractivity contribution in [2.75, 3.05) is 12.8 Å². The van der Waals surface area contributed by atoms with E-state index in [1.807, 2.05) is 24.3 Å². The van der Waals surface area contributed by atoms with E-state index in [1.54, 1.807) is 25.3 Å². The number of methoxy groups -OCH3 is 1. The lowest BCUT2D eigenvalue weighted by atomic mass is 9.97. The highest BCUT2D eigenvalue weighted by Crippen LogP contribution is 2.22. The molecule has 4 heteroatoms. The van der Waals surface area contributed by atoms with Crippen LogP contribution in [0, 0.1) is 0 Å². The molecule has 0 radical (unpaired) electrons. The molecule has 0 heterocycles. The summed E-state index contributed by atoms with van der Waals surface area (Å²) >= 11 is 0. The Kier molecular flexibility index (Phi) is 3.71. The van der Waals surface area contributed by atoms with E-state index in [4.69, 9.17) is 16.2 Å². The number of primary amides is 1. The van der Waals surface area contributed by atoms with E-state index < -0.39 is 5.91 Å². The van der Waals surface area contributed by atoms with Crippen LogP contribution in [0.15, 0.2) is 42.5 Å². The van der Waals surface area contributed by atoms with E-state index in [0.29, 0.717) is 17.7 Å². The number of carbonyl (C=O) groups is 1. The molecule has 98 valence electrons. The average Bonchev–Trinajstić information content (AvgIpc) is 2.41. The summed E-state index contributed by atoms with van der Waals surface area (Å²) in [5.74, 6) is 0.304. The van der Waals surface area contributed by atoms with Crippen molar-refractivity contribution in [1.29, 1.82) is 0 Å². The number of hydrogen-bond donors (Lipinski definition) is 2. The van der Waals surface area contributed by atoms with Gasteiger partial charge >= 0.3 is 0 Å². The summed E-state index contributed by atoms with van der Waals surface area (Å²) in [5, 5.41) is 0. The topological polar surface area (TPSA) is 78.3 Å². The number of carbonyl (C=O) groups excluding carboxylic acids is 1. The van der Waals surface area contributed by atoms with Crippen LogP contribution < -0.4 is 16.2 Å². The Labute approximate surface area is 112 Å². The molecule has 0 atom stereocenters. The molecule has 0 aliphatic heterocycles. The van der Waals surface area contributed by atoms with Gasteiger partial charge in [0.25, 0.3) is 0 Å². The molecule has 4 N–H and O–H groups in total. The summed E-state index contributed by atoms with van der Waals surface area (Å²) in [4.78, 5) is 11.4. The molecule has 0 saturated carbocycles. The summed E-state index contributed by atoms with van der Waals surface area (Å²) in [5.41, 5.74) is 14.1. The lowest BCUT2D eigenvalue weighted by Crippen LogP contribution is -2.15. The third-order valence-electron chi connectivity index (χ3n) is 2.99. The fourth-order valence-electron chi connectivity index (χ4n) is 2.02. The molecule has 0 unspecified atom stereocenters. The molecule has 2 aromatic rings. The van der Waals surface area contributed by atoms with E-state index in [2.05, 4.69) is 0 Å². The van der Waals surface area contributed by atoms with Gasteiger partial charge in [0, 0.05) is 17.7 Å². The predicted octanol–water partition coefficient (Wildman–Crippen LogP) is 1.97. The number of amides is 1. The third kappa shape index (κ3) is 2.85. The van der Waals surface area contributed by atoms with Gasteiger partial charge in [0.1, 0.15) is 5.75 Å². The van der Waals surface area contributed by atoms with Crippen molar-refractivity contribution < 1.29 is 9.53 Å². The molecule has 1 amide bonds. The minimum absolute atomic E-state index is 0.461. The second-order valence-electron chi connectivity index (χ2n) is 4.27. The standard InChI is InChI=1S/C15H16N2O2/c1-19-11-5-2-4-10(8-11)9-13-12(15(17)18)6-3-7-14(13)16/h2-8H,9,16H2,1H3,(H2,17,18). The Hall–Kier alpha value is -2.49. The van der Waals surface area contributed by atoms with Gasteiger partial charge in [-0.1, -0.05) is 18.2 Å². The molecular weight excluding hydrogens is 240 g/mol. The van der Waals surface area contributed by atoms with Gasteiger partial charge in [-0.3, -0.25) is 4.79 Å². The van der Waals surface area contributed by atoms with Crippen molar-refractivity contribution in [3.63, 3.8) is 0 Å². The molecule has 0 fully saturated rings. The van der Waals surface area contributed by atoms with Gasteiger partial charge in [-0.25, -0.2) is 0 Å². The van der Waals surface area contributed by atoms with Crippen molar-refractivity contribution >= 4 is 11.6 Å². The summed E-state index contributed by atoms with van der Waals surface area (Å²) in [7, 11) is 1.62. The maximum Gasteiger partial charge on any atom is 0.249 e. The van der Waals surface area contributed by atoms with Gasteiger partial charge in [-0.05, 0) is 35.4 Å². The van der Waals surface area contributed by atoms with Crippen LogP contribution in [0.5, 0.6) is 5.75 Å². The zero-order chi connectivity index (χ0) is 13.8. The van der Waals surface area contributed by atoms with E-state index >= 15 is 0 Å². The Morgan fingerprint density at radius 3 is 2.63 bits per heavy atom. The predicted molar refractivity (Wildman–Crippen MR) is 75.2 cm³/mol. The number of hydrogen-bond acceptors (Lipinski definition) is 3. The lowest BCUT2D eigenvalue weighted by molar-refractivity contribution is 0.0999. The Balaban J connectivity index is 2.40. The van der Waals surface area contributed by atoms with Crippen molar-refractivity contribution in [1.82, 2.24) is 0 Å². The molecule has 0 saturated heterocycles. The van der Waals surface area contributed by atoms with Crippen LogP contribution in [0.25, 0.3) is 0 Å². The largest absolute Gasteiger partial charge is 0.497 e. The van der Waals surface area contributed by atoms with Gasteiger partial charge in [0.15, 0.2) is 0 Å². The van der Waals surface area contributed by atoms with E-state index in [9.17, 15) is 4.79 Å². The van der Waals surface area contributed by atoms with Crippen molar-refractivity contribution in [3.05, 3.63) is 59.2 Å². The first kappa shape index (κ1) is 13.0. The van der Waals surface area contributed by atoms with Crippen LogP contribution in [0.3, 0.4) is 0 Å². The summed E-state index contributed by atoms with van der Waals surface area (Å²) < 4.78 is 5.18. The molecule has 2 rings (SSSR count). The van der Waals surface area contributed by atoms with Crippen LogP contribution in [0.4, 0.5) is 5.69 Å². The second-order valence-corrected chi connectivity index (χ2v) is 4.27. The average molecular weight is 256 g/mol. The second kappa shape index (κ2) is 5.44. The Bertz CT molecular complexity index is 609. The van der Waals surface area contributed by atoms with Gasteiger partial charge in [0.05, 0.1) is 7.11 Å². The monoisotopic (exact) mass is 256 g/mol. The van der Waals surface area contributed by atoms with Crippen molar-refractivity contribution in [2.45, 2.75) is 6.42 Å². The molecular formula is C15H16N2O2. The molecule has 0 aliphatic carbocycles. The van der Waals surface area contributed by atoms with Crippen LogP contribution in [0.2, 0.25) is 0 Å². The first-order chi connectivity index (χ1) is 9.11. The highest BCUT2D eigenvalue weighted by Gasteiger charge is 2.11. The van der Waals surface area contributed by atoms with Crippen molar-refractivity contribution in [2.24, 2.45) is 5.73 Å². The maximum atomic E-state index is 11.4. The van der Waals surface area contributed by atoms with Gasteiger partial charge in [-0.15, -0.1) is 0 Å². The van der Waals surface area contributed by atoms with Gasteiger partial charge in [-0.2, -0.15) is 0 Å². The Morgan fingerprint density at radius 1 is 1.21 bits per heavy atom. The highest BCUT2D eigenvalue weighted by atomic mass is 16.5. The first-order valence-electron chi connectivity index (χ1n) is 5.92. The molecule has 0 bridgehead atoms. The third-order valence-corrected chi connectivity index (χ3v) is 2.99. The number of rotatable bonds is 4. The smallest absolute Gasteiger partial charge is 0.249 e. The SMILES string of the molecule is COc1cccc(Cc2c(N)cccc2C(N)=O)c1. The molecule has 0 spiro atoms. The number of ether oxygens (including phenoxy) is 1. The number of anilines is 1. The first-order valence-corrected chi connectivity index (χ1v) is 5.92. The van der Waals surface area contributed by atoms with Gasteiger partial charge in [0.2, 0.25) is 5.91 Å². The fourth-order valence-corrected chi connectivity index (χ4v) is 2.02. The molecule has 0 aromatic heterocycles. The maximum absolute atomic E-state index is 11.4. The zero-order valence-corrected chi connectivity index (χ0v) is 10.7. The Morgan fingerprint density at radius 2 is 1.95 bits per heavy atom. The quantitative estimate of drug-likeness (QED) is 0.821. The number of benzene rings is 2. The van der Waals surface area contributed by atoms with Crippen LogP contribution >= 0.6 is 0 Å². The van der Waals surface area contributed by atoms with Crippen LogP contribution in [-0.2, 0) is 6.42 Å². The summed E-state index contributed by atoms with van der Waals surface area (Å²) in [6.45, 7) is 0. The van der Waals surface area contributed by atoms with E-state index in [-0.39, 0.29) is 0 Å². The zero-order valence-electron chi connectivity index (χ0n) is 10.7. The van der Waals surface area contributed by atoms with E-state index in [1.165, 1.54) is 0 Å². The van der Waals surface area contributed by atoms with Crippen LogP contribution in [-0.4, -0.2) is 13.0 Å². The number of nitrogen functional groups attached to an aromatic ring is 1. The highest BCUT2D eigenvalue weighted by molar-refractivity contribution is 5.95. The van der Waals surface area contributed by atoms with Crippen molar-refractivity contribution in [3.8, 4) is 5.75 Å². The fraction of sp³-hybridized carbons (Fsp3) is 0.133. The minimum atomic E-state index is -0.467. The van der Waals surface area contributed by atoms with Crippen LogP contribution in [0.1, 0.15) is 21.5 Å². The summed E-state index contributed by atoms with van der Waals surface area (Å²) in [6.07, 6.45) is 0.544. The summed E-state index contributed by atoms with van der Waals surface area (Å²) in [6, 6.07) is 12.8. The molecule has 19 heavy (non-hydrogen) atoms. The minimum Gasteiger partial charge on any atom is -0.497 e. The molecule has 4 nitrogen and oxygen atoms in total. The van der Waals surface area contributed by atoms with E-state index in [0.717, 1.165) is 16.9 Å².